The first kappa shape index (κ1) is 10.1. The zero-order valence-corrected chi connectivity index (χ0v) is 8.31. The van der Waals surface area contributed by atoms with Crippen molar-refractivity contribution in [1.29, 1.82) is 0 Å². The molecular weight excluding hydrogens is 212 g/mol. The van der Waals surface area contributed by atoms with Crippen LogP contribution in [0.5, 0.6) is 0 Å². The Kier molecular flexibility index (Phi) is 2.28. The summed E-state index contributed by atoms with van der Waals surface area (Å²) in [5.74, 6) is -1.51. The average molecular weight is 220 g/mol. The summed E-state index contributed by atoms with van der Waals surface area (Å²) >= 11 is 0. The van der Waals surface area contributed by atoms with Crippen LogP contribution in [0.3, 0.4) is 0 Å². The van der Waals surface area contributed by atoms with Crippen LogP contribution in [-0.4, -0.2) is 32.4 Å². The SMILES string of the molecule is CC(=O)Nc1ccc2[nH]nnc2c1C(=O)O. The number of nitrogens with zero attached hydrogens (tertiary/aromatic N) is 2. The maximum atomic E-state index is 11.1. The second-order valence-electron chi connectivity index (χ2n) is 3.18. The van der Waals surface area contributed by atoms with Crippen LogP contribution in [0.4, 0.5) is 5.69 Å². The highest BCUT2D eigenvalue weighted by molar-refractivity contribution is 6.08. The molecule has 3 N–H and O–H groups in total. The van der Waals surface area contributed by atoms with Crippen molar-refractivity contribution in [1.82, 2.24) is 15.4 Å². The number of carboxylic acid groups (broad SMARTS) is 1. The monoisotopic (exact) mass is 220 g/mol. The predicted molar refractivity (Wildman–Crippen MR) is 55.2 cm³/mol. The summed E-state index contributed by atoms with van der Waals surface area (Å²) in [6.07, 6.45) is 0. The van der Waals surface area contributed by atoms with Crippen LogP contribution >= 0.6 is 0 Å². The fourth-order valence-electron chi connectivity index (χ4n) is 1.42. The van der Waals surface area contributed by atoms with Gasteiger partial charge in [0.15, 0.2) is 0 Å². The van der Waals surface area contributed by atoms with Gasteiger partial charge in [-0.1, -0.05) is 5.21 Å². The maximum absolute atomic E-state index is 11.1. The molecule has 1 heterocycles. The van der Waals surface area contributed by atoms with Crippen molar-refractivity contribution < 1.29 is 14.7 Å². The number of H-pyrrole nitrogens is 1. The number of carbonyl (C=O) groups is 2. The molecule has 0 aliphatic rings. The number of aromatic carboxylic acids is 1. The van der Waals surface area contributed by atoms with Gasteiger partial charge in [0.2, 0.25) is 5.91 Å². The summed E-state index contributed by atoms with van der Waals surface area (Å²) in [7, 11) is 0. The fourth-order valence-corrected chi connectivity index (χ4v) is 1.42. The van der Waals surface area contributed by atoms with Crippen molar-refractivity contribution in [3.8, 4) is 0 Å². The third-order valence-electron chi connectivity index (χ3n) is 2.02. The van der Waals surface area contributed by atoms with Gasteiger partial charge in [-0.3, -0.25) is 9.89 Å². The number of aromatic amines is 1. The van der Waals surface area contributed by atoms with Crippen LogP contribution in [0.25, 0.3) is 11.0 Å². The first-order valence-electron chi connectivity index (χ1n) is 4.44. The standard InChI is InChI=1S/C9H8N4O3/c1-4(14)10-5-2-3-6-8(12-13-11-6)7(5)9(15)16/h2-3H,1H3,(H,10,14)(H,15,16)(H,11,12,13). The molecule has 2 rings (SSSR count). The van der Waals surface area contributed by atoms with Gasteiger partial charge < -0.3 is 10.4 Å². The molecule has 0 unspecified atom stereocenters. The molecule has 16 heavy (non-hydrogen) atoms. The van der Waals surface area contributed by atoms with E-state index in [1.54, 1.807) is 6.07 Å². The van der Waals surface area contributed by atoms with Gasteiger partial charge in [0.1, 0.15) is 11.1 Å². The van der Waals surface area contributed by atoms with Gasteiger partial charge in [0.25, 0.3) is 0 Å². The van der Waals surface area contributed by atoms with E-state index in [9.17, 15) is 9.59 Å². The van der Waals surface area contributed by atoms with Gasteiger partial charge >= 0.3 is 5.97 Å². The molecule has 1 aromatic heterocycles. The molecule has 0 atom stereocenters. The lowest BCUT2D eigenvalue weighted by molar-refractivity contribution is -0.114. The number of carbonyl (C=O) groups excluding carboxylic acids is 1. The fraction of sp³-hybridized carbons (Fsp3) is 0.111. The number of aromatic nitrogens is 3. The minimum Gasteiger partial charge on any atom is -0.478 e. The average Bonchev–Trinajstić information content (AvgIpc) is 2.63. The number of amides is 1. The van der Waals surface area contributed by atoms with Crippen molar-refractivity contribution in [2.24, 2.45) is 0 Å². The van der Waals surface area contributed by atoms with Gasteiger partial charge in [-0.2, -0.15) is 0 Å². The molecule has 1 amide bonds. The van der Waals surface area contributed by atoms with Crippen LogP contribution in [0.15, 0.2) is 12.1 Å². The Morgan fingerprint density at radius 3 is 2.81 bits per heavy atom. The Bertz CT molecular complexity index is 575. The van der Waals surface area contributed by atoms with Gasteiger partial charge in [-0.05, 0) is 12.1 Å². The molecule has 7 nitrogen and oxygen atoms in total. The Balaban J connectivity index is 2.68. The number of benzene rings is 1. The molecule has 82 valence electrons. The molecule has 1 aromatic carbocycles. The maximum Gasteiger partial charge on any atom is 0.340 e. The highest BCUT2D eigenvalue weighted by Gasteiger charge is 2.17. The van der Waals surface area contributed by atoms with Gasteiger partial charge in [0, 0.05) is 6.92 Å². The van der Waals surface area contributed by atoms with Gasteiger partial charge in [0.05, 0.1) is 11.2 Å². The van der Waals surface area contributed by atoms with Crippen LogP contribution in [0.2, 0.25) is 0 Å². The second-order valence-corrected chi connectivity index (χ2v) is 3.18. The van der Waals surface area contributed by atoms with E-state index in [0.29, 0.717) is 5.52 Å². The molecular formula is C9H8N4O3. The van der Waals surface area contributed by atoms with E-state index >= 15 is 0 Å². The summed E-state index contributed by atoms with van der Waals surface area (Å²) in [4.78, 5) is 22.0. The predicted octanol–water partition coefficient (Wildman–Crippen LogP) is 0.614. The summed E-state index contributed by atoms with van der Waals surface area (Å²) in [6, 6.07) is 3.10. The lowest BCUT2D eigenvalue weighted by Gasteiger charge is -2.05. The highest BCUT2D eigenvalue weighted by atomic mass is 16.4. The normalized spacial score (nSPS) is 10.3. The van der Waals surface area contributed by atoms with Crippen molar-refractivity contribution in [2.75, 3.05) is 5.32 Å². The van der Waals surface area contributed by atoms with Crippen molar-refractivity contribution in [3.05, 3.63) is 17.7 Å². The number of anilines is 1. The van der Waals surface area contributed by atoms with Gasteiger partial charge in [-0.25, -0.2) is 4.79 Å². The molecule has 0 radical (unpaired) electrons. The Morgan fingerprint density at radius 1 is 1.44 bits per heavy atom. The first-order valence-corrected chi connectivity index (χ1v) is 4.44. The van der Waals surface area contributed by atoms with Crippen LogP contribution < -0.4 is 5.32 Å². The summed E-state index contributed by atoms with van der Waals surface area (Å²) in [5, 5.41) is 21.2. The van der Waals surface area contributed by atoms with Crippen LogP contribution in [0.1, 0.15) is 17.3 Å². The van der Waals surface area contributed by atoms with E-state index < -0.39 is 5.97 Å². The van der Waals surface area contributed by atoms with Crippen LogP contribution in [0, 0.1) is 0 Å². The Hall–Kier alpha value is -2.44. The van der Waals surface area contributed by atoms with Crippen LogP contribution in [-0.2, 0) is 4.79 Å². The molecule has 0 saturated heterocycles. The third kappa shape index (κ3) is 1.58. The number of hydrogen-bond donors (Lipinski definition) is 3. The quantitative estimate of drug-likeness (QED) is 0.687. The van der Waals surface area contributed by atoms with E-state index in [0.717, 1.165) is 0 Å². The minimum absolute atomic E-state index is 0.0681. The number of fused-ring (bicyclic) bond motifs is 1. The lowest BCUT2D eigenvalue weighted by Crippen LogP contribution is -2.11. The smallest absolute Gasteiger partial charge is 0.340 e. The zero-order chi connectivity index (χ0) is 11.7. The van der Waals surface area contributed by atoms with E-state index in [-0.39, 0.29) is 22.7 Å². The van der Waals surface area contributed by atoms with Crippen molar-refractivity contribution in [2.45, 2.75) is 6.92 Å². The van der Waals surface area contributed by atoms with Crippen molar-refractivity contribution >= 4 is 28.6 Å². The topological polar surface area (TPSA) is 108 Å². The molecule has 2 aromatic rings. The molecule has 7 heteroatoms. The van der Waals surface area contributed by atoms with Gasteiger partial charge in [-0.15, -0.1) is 5.10 Å². The highest BCUT2D eigenvalue weighted by Crippen LogP contribution is 2.23. The molecule has 0 bridgehead atoms. The summed E-state index contributed by atoms with van der Waals surface area (Å²) in [6.45, 7) is 1.30. The molecule has 0 fully saturated rings. The second kappa shape index (κ2) is 3.61. The molecule has 0 aliphatic heterocycles. The number of rotatable bonds is 2. The first-order chi connectivity index (χ1) is 7.59. The summed E-state index contributed by atoms with van der Waals surface area (Å²) < 4.78 is 0. The number of carboxylic acids is 1. The zero-order valence-electron chi connectivity index (χ0n) is 8.31. The van der Waals surface area contributed by atoms with Crippen molar-refractivity contribution in [3.63, 3.8) is 0 Å². The third-order valence-corrected chi connectivity index (χ3v) is 2.02. The molecule has 0 aliphatic carbocycles. The van der Waals surface area contributed by atoms with E-state index in [1.165, 1.54) is 13.0 Å². The largest absolute Gasteiger partial charge is 0.478 e. The lowest BCUT2D eigenvalue weighted by atomic mass is 10.1. The number of hydrogen-bond acceptors (Lipinski definition) is 4. The van der Waals surface area contributed by atoms with E-state index in [1.807, 2.05) is 0 Å². The Labute approximate surface area is 89.5 Å². The van der Waals surface area contributed by atoms with E-state index in [2.05, 4.69) is 20.7 Å². The minimum atomic E-state index is -1.16. The summed E-state index contributed by atoms with van der Waals surface area (Å²) in [5.41, 5.74) is 0.869. The number of nitrogens with one attached hydrogen (secondary N) is 2. The molecule has 0 spiro atoms. The molecule has 0 saturated carbocycles. The van der Waals surface area contributed by atoms with E-state index in [4.69, 9.17) is 5.11 Å². The Morgan fingerprint density at radius 2 is 2.19 bits per heavy atom.